The number of carboxylic acids is 1. The number of aromatic nitrogens is 1. The lowest BCUT2D eigenvalue weighted by Crippen LogP contribution is -2.48. The van der Waals surface area contributed by atoms with E-state index in [1.807, 2.05) is 6.92 Å². The lowest BCUT2D eigenvalue weighted by molar-refractivity contribution is -0.140. The monoisotopic (exact) mass is 265 g/mol. The normalized spacial score (nSPS) is 13.4. The SMILES string of the molecule is CCC(C)[C@H](NC(=O)NCc1ccncc1)C(=O)O. The van der Waals surface area contributed by atoms with Crippen LogP contribution in [0.25, 0.3) is 0 Å². The van der Waals surface area contributed by atoms with Gasteiger partial charge in [-0.05, 0) is 23.6 Å². The molecule has 1 aromatic heterocycles. The molecule has 0 saturated carbocycles. The van der Waals surface area contributed by atoms with Gasteiger partial charge in [0.2, 0.25) is 0 Å². The second kappa shape index (κ2) is 7.35. The number of carbonyl (C=O) groups excluding carboxylic acids is 1. The molecule has 2 atom stereocenters. The van der Waals surface area contributed by atoms with Crippen LogP contribution in [0.2, 0.25) is 0 Å². The highest BCUT2D eigenvalue weighted by Crippen LogP contribution is 2.07. The molecule has 0 spiro atoms. The number of carbonyl (C=O) groups is 2. The number of nitrogens with zero attached hydrogens (tertiary/aromatic N) is 1. The topological polar surface area (TPSA) is 91.3 Å². The molecule has 0 aliphatic carbocycles. The Bertz CT molecular complexity index is 422. The molecule has 19 heavy (non-hydrogen) atoms. The van der Waals surface area contributed by atoms with Crippen molar-refractivity contribution in [2.45, 2.75) is 32.9 Å². The van der Waals surface area contributed by atoms with Crippen molar-refractivity contribution in [1.82, 2.24) is 15.6 Å². The molecule has 0 aliphatic heterocycles. The number of amides is 2. The van der Waals surface area contributed by atoms with Gasteiger partial charge in [0.15, 0.2) is 0 Å². The van der Waals surface area contributed by atoms with Crippen molar-refractivity contribution in [3.63, 3.8) is 0 Å². The third kappa shape index (κ3) is 4.95. The molecule has 0 radical (unpaired) electrons. The zero-order chi connectivity index (χ0) is 14.3. The van der Waals surface area contributed by atoms with E-state index in [0.717, 1.165) is 5.56 Å². The molecule has 1 unspecified atom stereocenters. The number of hydrogen-bond donors (Lipinski definition) is 3. The molecule has 0 saturated heterocycles. The van der Waals surface area contributed by atoms with Crippen LogP contribution in [0.15, 0.2) is 24.5 Å². The van der Waals surface area contributed by atoms with Crippen molar-refractivity contribution in [1.29, 1.82) is 0 Å². The molecule has 3 N–H and O–H groups in total. The fraction of sp³-hybridized carbons (Fsp3) is 0.462. The highest BCUT2D eigenvalue weighted by molar-refractivity contribution is 5.82. The third-order valence-corrected chi connectivity index (χ3v) is 2.97. The largest absolute Gasteiger partial charge is 0.480 e. The summed E-state index contributed by atoms with van der Waals surface area (Å²) in [5.74, 6) is -1.14. The Balaban J connectivity index is 2.47. The smallest absolute Gasteiger partial charge is 0.326 e. The molecule has 1 rings (SSSR count). The van der Waals surface area contributed by atoms with Crippen LogP contribution < -0.4 is 10.6 Å². The summed E-state index contributed by atoms with van der Waals surface area (Å²) in [7, 11) is 0. The minimum atomic E-state index is -1.02. The molecule has 1 aromatic rings. The van der Waals surface area contributed by atoms with Crippen LogP contribution >= 0.6 is 0 Å². The molecule has 0 aromatic carbocycles. The number of aliphatic carboxylic acids is 1. The maximum absolute atomic E-state index is 11.7. The molecular formula is C13H19N3O3. The number of hydrogen-bond acceptors (Lipinski definition) is 3. The van der Waals surface area contributed by atoms with Gasteiger partial charge in [-0.1, -0.05) is 20.3 Å². The quantitative estimate of drug-likeness (QED) is 0.724. The molecule has 2 amide bonds. The first-order chi connectivity index (χ1) is 9.04. The Morgan fingerprint density at radius 2 is 2.00 bits per heavy atom. The van der Waals surface area contributed by atoms with Crippen LogP contribution in [0, 0.1) is 5.92 Å². The third-order valence-electron chi connectivity index (χ3n) is 2.97. The summed E-state index contributed by atoms with van der Waals surface area (Å²) in [6.07, 6.45) is 3.95. The zero-order valence-electron chi connectivity index (χ0n) is 11.1. The molecule has 6 nitrogen and oxygen atoms in total. The Labute approximate surface area is 112 Å². The van der Waals surface area contributed by atoms with Gasteiger partial charge in [0.1, 0.15) is 6.04 Å². The van der Waals surface area contributed by atoms with Gasteiger partial charge in [-0.3, -0.25) is 4.98 Å². The van der Waals surface area contributed by atoms with Crippen molar-refractivity contribution in [2.75, 3.05) is 0 Å². The average molecular weight is 265 g/mol. The number of carboxylic acid groups (broad SMARTS) is 1. The molecule has 1 heterocycles. The van der Waals surface area contributed by atoms with E-state index in [1.54, 1.807) is 31.5 Å². The summed E-state index contributed by atoms with van der Waals surface area (Å²) in [6, 6.07) is 2.21. The van der Waals surface area contributed by atoms with E-state index < -0.39 is 18.0 Å². The van der Waals surface area contributed by atoms with Gasteiger partial charge >= 0.3 is 12.0 Å². The highest BCUT2D eigenvalue weighted by atomic mass is 16.4. The molecule has 0 fully saturated rings. The lowest BCUT2D eigenvalue weighted by atomic mass is 9.99. The van der Waals surface area contributed by atoms with Gasteiger partial charge in [-0.2, -0.15) is 0 Å². The second-order valence-electron chi connectivity index (χ2n) is 4.38. The molecule has 6 heteroatoms. The fourth-order valence-corrected chi connectivity index (χ4v) is 1.56. The number of nitrogens with one attached hydrogen (secondary N) is 2. The van der Waals surface area contributed by atoms with Crippen LogP contribution in [0.5, 0.6) is 0 Å². The standard InChI is InChI=1S/C13H19N3O3/c1-3-9(2)11(12(17)18)16-13(19)15-8-10-4-6-14-7-5-10/h4-7,9,11H,3,8H2,1-2H3,(H,17,18)(H2,15,16,19)/t9?,11-/m0/s1. The molecule has 104 valence electrons. The Kier molecular flexibility index (Phi) is 5.78. The fourth-order valence-electron chi connectivity index (χ4n) is 1.56. The number of pyridine rings is 1. The van der Waals surface area contributed by atoms with Gasteiger partial charge in [0, 0.05) is 18.9 Å². The van der Waals surface area contributed by atoms with Gasteiger partial charge in [0.25, 0.3) is 0 Å². The summed E-state index contributed by atoms with van der Waals surface area (Å²) in [5, 5.41) is 14.2. The number of rotatable bonds is 6. The lowest BCUT2D eigenvalue weighted by Gasteiger charge is -2.20. The molecule has 0 aliphatic rings. The van der Waals surface area contributed by atoms with Crippen molar-refractivity contribution in [2.24, 2.45) is 5.92 Å². The summed E-state index contributed by atoms with van der Waals surface area (Å²) < 4.78 is 0. The van der Waals surface area contributed by atoms with E-state index in [9.17, 15) is 9.59 Å². The Morgan fingerprint density at radius 3 is 2.53 bits per heavy atom. The zero-order valence-corrected chi connectivity index (χ0v) is 11.1. The maximum atomic E-state index is 11.7. The van der Waals surface area contributed by atoms with Crippen LogP contribution in [0.1, 0.15) is 25.8 Å². The van der Waals surface area contributed by atoms with Crippen LogP contribution in [-0.4, -0.2) is 28.1 Å². The summed E-state index contributed by atoms with van der Waals surface area (Å²) in [5.41, 5.74) is 0.903. The van der Waals surface area contributed by atoms with Crippen LogP contribution in [0.4, 0.5) is 4.79 Å². The molecular weight excluding hydrogens is 246 g/mol. The highest BCUT2D eigenvalue weighted by Gasteiger charge is 2.24. The van der Waals surface area contributed by atoms with Crippen LogP contribution in [0.3, 0.4) is 0 Å². The van der Waals surface area contributed by atoms with Crippen molar-refractivity contribution >= 4 is 12.0 Å². The van der Waals surface area contributed by atoms with Crippen molar-refractivity contribution in [3.8, 4) is 0 Å². The Hall–Kier alpha value is -2.11. The summed E-state index contributed by atoms with van der Waals surface area (Å²) in [6.45, 7) is 4.01. The van der Waals surface area contributed by atoms with E-state index in [4.69, 9.17) is 5.11 Å². The first kappa shape index (κ1) is 14.9. The predicted molar refractivity (Wildman–Crippen MR) is 70.5 cm³/mol. The predicted octanol–water partition coefficient (Wildman–Crippen LogP) is 1.38. The van der Waals surface area contributed by atoms with Gasteiger partial charge in [-0.25, -0.2) is 9.59 Å². The minimum Gasteiger partial charge on any atom is -0.480 e. The van der Waals surface area contributed by atoms with Crippen molar-refractivity contribution in [3.05, 3.63) is 30.1 Å². The van der Waals surface area contributed by atoms with Crippen molar-refractivity contribution < 1.29 is 14.7 Å². The number of urea groups is 1. The maximum Gasteiger partial charge on any atom is 0.326 e. The van der Waals surface area contributed by atoms with Gasteiger partial charge in [-0.15, -0.1) is 0 Å². The van der Waals surface area contributed by atoms with E-state index in [-0.39, 0.29) is 5.92 Å². The van der Waals surface area contributed by atoms with Gasteiger partial charge < -0.3 is 15.7 Å². The summed E-state index contributed by atoms with van der Waals surface area (Å²) in [4.78, 5) is 26.6. The van der Waals surface area contributed by atoms with E-state index >= 15 is 0 Å². The van der Waals surface area contributed by atoms with E-state index in [2.05, 4.69) is 15.6 Å². The van der Waals surface area contributed by atoms with E-state index in [0.29, 0.717) is 13.0 Å². The Morgan fingerprint density at radius 1 is 1.37 bits per heavy atom. The average Bonchev–Trinajstić information content (AvgIpc) is 2.42. The molecule has 0 bridgehead atoms. The first-order valence-electron chi connectivity index (χ1n) is 6.20. The minimum absolute atomic E-state index is 0.121. The van der Waals surface area contributed by atoms with Crippen LogP contribution in [-0.2, 0) is 11.3 Å². The second-order valence-corrected chi connectivity index (χ2v) is 4.38. The first-order valence-corrected chi connectivity index (χ1v) is 6.20. The summed E-state index contributed by atoms with van der Waals surface area (Å²) >= 11 is 0. The van der Waals surface area contributed by atoms with Gasteiger partial charge in [0.05, 0.1) is 0 Å². The van der Waals surface area contributed by atoms with E-state index in [1.165, 1.54) is 0 Å².